The Morgan fingerprint density at radius 3 is 2.78 bits per heavy atom. The Morgan fingerprint density at radius 1 is 1.19 bits per heavy atom. The summed E-state index contributed by atoms with van der Waals surface area (Å²) >= 11 is 1.43. The van der Waals surface area contributed by atoms with Crippen LogP contribution in [0.25, 0.3) is 0 Å². The van der Waals surface area contributed by atoms with Gasteiger partial charge < -0.3 is 19.7 Å². The minimum Gasteiger partial charge on any atom is -0.497 e. The average molecular weight is 460 g/mol. The second kappa shape index (κ2) is 10.2. The molecule has 9 nitrogen and oxygen atoms in total. The maximum absolute atomic E-state index is 12.8. The number of nitrogens with zero attached hydrogens (tertiary/aromatic N) is 4. The van der Waals surface area contributed by atoms with Crippen LogP contribution in [0.1, 0.15) is 31.2 Å². The molecule has 0 spiro atoms. The maximum Gasteiger partial charge on any atom is 0.228 e. The summed E-state index contributed by atoms with van der Waals surface area (Å²) < 4.78 is 10.7. The molecule has 1 aromatic heterocycles. The van der Waals surface area contributed by atoms with Crippen molar-refractivity contribution in [1.29, 1.82) is 0 Å². The topological polar surface area (TPSA) is 96.9 Å². The number of ether oxygens (including phenoxy) is 2. The summed E-state index contributed by atoms with van der Waals surface area (Å²) in [4.78, 5) is 28.6. The molecule has 1 unspecified atom stereocenters. The monoisotopic (exact) mass is 459 g/mol. The second-order valence-electron chi connectivity index (χ2n) is 8.02. The van der Waals surface area contributed by atoms with Crippen molar-refractivity contribution in [2.45, 2.75) is 32.1 Å². The van der Waals surface area contributed by atoms with E-state index < -0.39 is 0 Å². The number of methoxy groups -OCH3 is 2. The Morgan fingerprint density at radius 2 is 2.03 bits per heavy atom. The first-order chi connectivity index (χ1) is 15.6. The fourth-order valence-corrected chi connectivity index (χ4v) is 5.11. The first kappa shape index (κ1) is 22.3. The van der Waals surface area contributed by atoms with Crippen LogP contribution in [0.2, 0.25) is 0 Å². The summed E-state index contributed by atoms with van der Waals surface area (Å²) in [5.41, 5.74) is 1.02. The first-order valence-electron chi connectivity index (χ1n) is 11.0. The highest BCUT2D eigenvalue weighted by Gasteiger charge is 2.30. The van der Waals surface area contributed by atoms with E-state index in [9.17, 15) is 9.59 Å². The number of nitrogens with one attached hydrogen (secondary N) is 1. The molecule has 1 N–H and O–H groups in total. The molecule has 3 heterocycles. The van der Waals surface area contributed by atoms with Crippen molar-refractivity contribution >= 4 is 33.4 Å². The standard InChI is InChI=1S/C22H29N5O4S/c1-30-17-8-7-15(18(13-17)31-2)9-10-23-20(29)16-5-3-11-26(14-16)21-24-25-22(32-21)27-12-4-6-19(27)28/h7-8,13,16H,3-6,9-12,14H2,1-2H3,(H,23,29). The molecule has 2 aromatic rings. The van der Waals surface area contributed by atoms with Crippen LogP contribution in [-0.2, 0) is 16.0 Å². The normalized spacial score (nSPS) is 18.7. The predicted octanol–water partition coefficient (Wildman–Crippen LogP) is 2.26. The van der Waals surface area contributed by atoms with Crippen LogP contribution in [0.5, 0.6) is 11.5 Å². The van der Waals surface area contributed by atoms with E-state index in [1.807, 2.05) is 18.2 Å². The third kappa shape index (κ3) is 4.95. The van der Waals surface area contributed by atoms with Gasteiger partial charge in [0.2, 0.25) is 22.1 Å². The van der Waals surface area contributed by atoms with Crippen molar-refractivity contribution < 1.29 is 19.1 Å². The lowest BCUT2D eigenvalue weighted by Crippen LogP contribution is -2.43. The lowest BCUT2D eigenvalue weighted by atomic mass is 9.97. The molecule has 2 saturated heterocycles. The van der Waals surface area contributed by atoms with E-state index in [2.05, 4.69) is 20.4 Å². The smallest absolute Gasteiger partial charge is 0.228 e. The van der Waals surface area contributed by atoms with E-state index in [4.69, 9.17) is 9.47 Å². The number of hydrogen-bond acceptors (Lipinski definition) is 8. The molecule has 2 aliphatic heterocycles. The molecule has 2 aliphatic rings. The number of hydrogen-bond donors (Lipinski definition) is 1. The highest BCUT2D eigenvalue weighted by molar-refractivity contribution is 7.19. The average Bonchev–Trinajstić information content (AvgIpc) is 3.48. The summed E-state index contributed by atoms with van der Waals surface area (Å²) in [5.74, 6) is 1.57. The number of aromatic nitrogens is 2. The molecule has 0 aliphatic carbocycles. The predicted molar refractivity (Wildman–Crippen MR) is 123 cm³/mol. The molecule has 0 radical (unpaired) electrons. The van der Waals surface area contributed by atoms with E-state index in [-0.39, 0.29) is 17.7 Å². The Hall–Kier alpha value is -2.88. The molecule has 32 heavy (non-hydrogen) atoms. The lowest BCUT2D eigenvalue weighted by Gasteiger charge is -2.31. The van der Waals surface area contributed by atoms with Crippen molar-refractivity contribution in [3.8, 4) is 11.5 Å². The highest BCUT2D eigenvalue weighted by atomic mass is 32.1. The van der Waals surface area contributed by atoms with Gasteiger partial charge >= 0.3 is 0 Å². The maximum atomic E-state index is 12.8. The van der Waals surface area contributed by atoms with Gasteiger partial charge in [0, 0.05) is 38.7 Å². The van der Waals surface area contributed by atoms with Gasteiger partial charge in [0.05, 0.1) is 20.1 Å². The molecule has 1 atom stereocenters. The third-order valence-electron chi connectivity index (χ3n) is 5.96. The number of piperidine rings is 1. The number of benzene rings is 1. The zero-order chi connectivity index (χ0) is 22.5. The SMILES string of the molecule is COc1ccc(CCNC(=O)C2CCCN(c3nnc(N4CCCC4=O)s3)C2)c(OC)c1. The Balaban J connectivity index is 1.30. The number of amides is 2. The Labute approximate surface area is 191 Å². The van der Waals surface area contributed by atoms with Gasteiger partial charge in [-0.2, -0.15) is 0 Å². The number of rotatable bonds is 8. The molecule has 0 bridgehead atoms. The molecular formula is C22H29N5O4S. The van der Waals surface area contributed by atoms with Crippen molar-refractivity contribution in [2.24, 2.45) is 5.92 Å². The van der Waals surface area contributed by atoms with Crippen LogP contribution >= 0.6 is 11.3 Å². The fraction of sp³-hybridized carbons (Fsp3) is 0.545. The van der Waals surface area contributed by atoms with Crippen LogP contribution < -0.4 is 24.6 Å². The molecule has 4 rings (SSSR count). The minimum absolute atomic E-state index is 0.0571. The molecular weight excluding hydrogens is 430 g/mol. The van der Waals surface area contributed by atoms with Crippen LogP contribution in [0.15, 0.2) is 18.2 Å². The number of carbonyl (C=O) groups is 2. The van der Waals surface area contributed by atoms with Crippen LogP contribution in [0.4, 0.5) is 10.3 Å². The number of carbonyl (C=O) groups excluding carboxylic acids is 2. The highest BCUT2D eigenvalue weighted by Crippen LogP contribution is 2.32. The van der Waals surface area contributed by atoms with Crippen molar-refractivity contribution in [2.75, 3.05) is 50.2 Å². The zero-order valence-electron chi connectivity index (χ0n) is 18.5. The molecule has 2 amide bonds. The van der Waals surface area contributed by atoms with Crippen molar-refractivity contribution in [1.82, 2.24) is 15.5 Å². The van der Waals surface area contributed by atoms with Gasteiger partial charge in [0.25, 0.3) is 0 Å². The quantitative estimate of drug-likeness (QED) is 0.647. The fourth-order valence-electron chi connectivity index (χ4n) is 4.18. The van der Waals surface area contributed by atoms with Gasteiger partial charge in [-0.1, -0.05) is 17.4 Å². The third-order valence-corrected chi connectivity index (χ3v) is 6.97. The van der Waals surface area contributed by atoms with E-state index in [1.165, 1.54) is 11.3 Å². The van der Waals surface area contributed by atoms with Gasteiger partial charge in [-0.25, -0.2) is 0 Å². The van der Waals surface area contributed by atoms with Crippen LogP contribution in [0.3, 0.4) is 0 Å². The largest absolute Gasteiger partial charge is 0.497 e. The molecule has 2 fully saturated rings. The molecule has 10 heteroatoms. The van der Waals surface area contributed by atoms with Crippen molar-refractivity contribution in [3.05, 3.63) is 23.8 Å². The zero-order valence-corrected chi connectivity index (χ0v) is 19.3. The Kier molecular flexibility index (Phi) is 7.09. The molecule has 0 saturated carbocycles. The number of anilines is 2. The van der Waals surface area contributed by atoms with Crippen LogP contribution in [-0.4, -0.2) is 62.4 Å². The molecule has 172 valence electrons. The van der Waals surface area contributed by atoms with Crippen LogP contribution in [0, 0.1) is 5.92 Å². The summed E-state index contributed by atoms with van der Waals surface area (Å²) in [6.45, 7) is 2.70. The summed E-state index contributed by atoms with van der Waals surface area (Å²) in [5, 5.41) is 13.0. The van der Waals surface area contributed by atoms with Gasteiger partial charge in [-0.3, -0.25) is 14.5 Å². The second-order valence-corrected chi connectivity index (χ2v) is 8.95. The van der Waals surface area contributed by atoms with E-state index >= 15 is 0 Å². The van der Waals surface area contributed by atoms with E-state index in [0.717, 1.165) is 48.0 Å². The first-order valence-corrected chi connectivity index (χ1v) is 11.8. The van der Waals surface area contributed by atoms with Gasteiger partial charge in [-0.15, -0.1) is 10.2 Å². The summed E-state index contributed by atoms with van der Waals surface area (Å²) in [7, 11) is 3.25. The van der Waals surface area contributed by atoms with Gasteiger partial charge in [-0.05, 0) is 37.3 Å². The summed E-state index contributed by atoms with van der Waals surface area (Å²) in [6, 6.07) is 5.71. The van der Waals surface area contributed by atoms with Crippen molar-refractivity contribution in [3.63, 3.8) is 0 Å². The van der Waals surface area contributed by atoms with E-state index in [0.29, 0.717) is 37.6 Å². The van der Waals surface area contributed by atoms with Gasteiger partial charge in [0.1, 0.15) is 11.5 Å². The van der Waals surface area contributed by atoms with E-state index in [1.54, 1.807) is 19.1 Å². The molecule has 1 aromatic carbocycles. The Bertz CT molecular complexity index is 966. The minimum atomic E-state index is -0.0951. The summed E-state index contributed by atoms with van der Waals surface area (Å²) in [6.07, 6.45) is 3.89. The van der Waals surface area contributed by atoms with Gasteiger partial charge in [0.15, 0.2) is 0 Å². The lowest BCUT2D eigenvalue weighted by molar-refractivity contribution is -0.125.